The molecule has 0 aliphatic carbocycles. The number of aromatic nitrogens is 1. The number of nitrogens with one attached hydrogen (secondary N) is 2. The Morgan fingerprint density at radius 2 is 2.19 bits per heavy atom. The van der Waals surface area contributed by atoms with E-state index in [1.165, 1.54) is 0 Å². The van der Waals surface area contributed by atoms with Crippen molar-refractivity contribution in [2.75, 3.05) is 30.7 Å². The van der Waals surface area contributed by atoms with E-state index in [1.807, 2.05) is 19.1 Å². The van der Waals surface area contributed by atoms with Gasteiger partial charge < -0.3 is 21.1 Å². The van der Waals surface area contributed by atoms with Crippen LogP contribution in [0.2, 0.25) is 0 Å². The molecule has 0 amide bonds. The molecule has 2 aromatic rings. The Labute approximate surface area is 156 Å². The summed E-state index contributed by atoms with van der Waals surface area (Å²) in [6.45, 7) is 4.04. The molecule has 1 aromatic carbocycles. The number of anilines is 2. The largest absolute Gasteiger partial charge is 0.399 e. The molecule has 1 fully saturated rings. The second-order valence-corrected chi connectivity index (χ2v) is 6.24. The predicted octanol–water partition coefficient (Wildman–Crippen LogP) is 1.96. The lowest BCUT2D eigenvalue weighted by molar-refractivity contribution is 0.0200. The number of nitrogens with zero attached hydrogens (tertiary/aromatic N) is 2. The molecule has 2 unspecified atom stereocenters. The third kappa shape index (κ3) is 4.57. The lowest BCUT2D eigenvalue weighted by Crippen LogP contribution is -2.47. The molecule has 1 saturated heterocycles. The Balaban J connectivity index is 1.88. The van der Waals surface area contributed by atoms with Crippen LogP contribution in [0.4, 0.5) is 11.5 Å². The van der Waals surface area contributed by atoms with Crippen molar-refractivity contribution < 1.29 is 14.4 Å². The molecule has 0 saturated carbocycles. The zero-order valence-electron chi connectivity index (χ0n) is 14.8. The van der Waals surface area contributed by atoms with Gasteiger partial charge in [-0.2, -0.15) is 0 Å². The van der Waals surface area contributed by atoms with Crippen molar-refractivity contribution in [3.63, 3.8) is 0 Å². The number of nitrogens with two attached hydrogens (primary N) is 1. The molecule has 1 aliphatic heterocycles. The van der Waals surface area contributed by atoms with Gasteiger partial charge in [0.2, 0.25) is 0 Å². The fourth-order valence-corrected chi connectivity index (χ4v) is 2.87. The molecule has 4 N–H and O–H groups in total. The maximum absolute atomic E-state index is 12.2. The molecule has 1 aliphatic rings. The summed E-state index contributed by atoms with van der Waals surface area (Å²) in [6, 6.07) is 8.61. The smallest absolute Gasteiger partial charge is 0.373 e. The number of hydrogen-bond acceptors (Lipinski definition) is 9. The van der Waals surface area contributed by atoms with Crippen molar-refractivity contribution in [2.24, 2.45) is 5.34 Å². The normalized spacial score (nSPS) is 17.7. The topological polar surface area (TPSA) is 128 Å². The number of hydrogen-bond donors (Lipinski definition) is 3. The van der Waals surface area contributed by atoms with Crippen LogP contribution < -0.4 is 16.4 Å². The van der Waals surface area contributed by atoms with Gasteiger partial charge in [0.05, 0.1) is 18.8 Å². The van der Waals surface area contributed by atoms with E-state index in [1.54, 1.807) is 24.4 Å². The highest BCUT2D eigenvalue weighted by atomic mass is 16.7. The number of carbonyl (C=O) groups is 1. The van der Waals surface area contributed by atoms with Crippen molar-refractivity contribution >= 4 is 17.5 Å². The summed E-state index contributed by atoms with van der Waals surface area (Å²) < 4.78 is 5.71. The van der Waals surface area contributed by atoms with Crippen LogP contribution in [0.25, 0.3) is 11.1 Å². The van der Waals surface area contributed by atoms with Gasteiger partial charge in [-0.15, -0.1) is 4.91 Å². The van der Waals surface area contributed by atoms with Crippen LogP contribution in [0.15, 0.2) is 41.9 Å². The first kappa shape index (κ1) is 18.7. The summed E-state index contributed by atoms with van der Waals surface area (Å²) in [5, 5.41) is 8.65. The van der Waals surface area contributed by atoms with Gasteiger partial charge in [-0.3, -0.25) is 4.84 Å². The fraction of sp³-hybridized carbons (Fsp3) is 0.333. The standard InChI is InChI=1S/C18H21N5O4/c1-11(16-10-20-6-7-26-16)22-17-15(18(24)27-23-25)8-13(9-21-17)12-2-4-14(19)5-3-12/h2-5,8-9,11,16,20H,6-7,10,19H2,1H3,(H,21,22). The Morgan fingerprint density at radius 3 is 2.85 bits per heavy atom. The molecule has 0 radical (unpaired) electrons. The number of ether oxygens (including phenoxy) is 1. The van der Waals surface area contributed by atoms with Crippen molar-refractivity contribution in [3.05, 3.63) is 47.0 Å². The maximum atomic E-state index is 12.2. The van der Waals surface area contributed by atoms with Crippen LogP contribution in [-0.4, -0.2) is 42.8 Å². The van der Waals surface area contributed by atoms with Crippen LogP contribution in [-0.2, 0) is 9.57 Å². The molecule has 2 heterocycles. The van der Waals surface area contributed by atoms with E-state index in [4.69, 9.17) is 10.5 Å². The van der Waals surface area contributed by atoms with Gasteiger partial charge in [0, 0.05) is 30.5 Å². The van der Waals surface area contributed by atoms with Crippen LogP contribution in [0.3, 0.4) is 0 Å². The van der Waals surface area contributed by atoms with E-state index in [2.05, 4.69) is 25.8 Å². The zero-order valence-corrected chi connectivity index (χ0v) is 14.8. The Hall–Kier alpha value is -3.04. The van der Waals surface area contributed by atoms with Gasteiger partial charge in [0.15, 0.2) is 5.34 Å². The molecular formula is C18H21N5O4. The molecule has 27 heavy (non-hydrogen) atoms. The third-order valence-electron chi connectivity index (χ3n) is 4.35. The summed E-state index contributed by atoms with van der Waals surface area (Å²) in [6.07, 6.45) is 1.55. The quantitative estimate of drug-likeness (QED) is 0.399. The van der Waals surface area contributed by atoms with Crippen LogP contribution in [0.5, 0.6) is 0 Å². The maximum Gasteiger partial charge on any atom is 0.373 e. The van der Waals surface area contributed by atoms with Crippen LogP contribution in [0, 0.1) is 4.91 Å². The van der Waals surface area contributed by atoms with Crippen molar-refractivity contribution in [1.29, 1.82) is 0 Å². The van der Waals surface area contributed by atoms with Crippen molar-refractivity contribution in [3.8, 4) is 11.1 Å². The minimum atomic E-state index is -0.882. The highest BCUT2D eigenvalue weighted by Gasteiger charge is 2.24. The van der Waals surface area contributed by atoms with E-state index in [-0.39, 0.29) is 17.7 Å². The minimum absolute atomic E-state index is 0.0783. The molecule has 1 aromatic heterocycles. The number of morpholine rings is 1. The fourth-order valence-electron chi connectivity index (χ4n) is 2.87. The van der Waals surface area contributed by atoms with Gasteiger partial charge in [-0.1, -0.05) is 12.1 Å². The van der Waals surface area contributed by atoms with Gasteiger partial charge in [-0.05, 0) is 30.7 Å². The van der Waals surface area contributed by atoms with Gasteiger partial charge in [-0.25, -0.2) is 9.78 Å². The number of nitrogen functional groups attached to an aromatic ring is 1. The lowest BCUT2D eigenvalue weighted by atomic mass is 10.0. The van der Waals surface area contributed by atoms with E-state index in [0.29, 0.717) is 30.2 Å². The molecule has 142 valence electrons. The summed E-state index contributed by atoms with van der Waals surface area (Å²) in [5.41, 5.74) is 7.95. The molecule has 0 bridgehead atoms. The van der Waals surface area contributed by atoms with Gasteiger partial charge >= 0.3 is 5.97 Å². The average molecular weight is 371 g/mol. The predicted molar refractivity (Wildman–Crippen MR) is 101 cm³/mol. The number of rotatable bonds is 6. The third-order valence-corrected chi connectivity index (χ3v) is 4.35. The van der Waals surface area contributed by atoms with Gasteiger partial charge in [0.25, 0.3) is 0 Å². The Morgan fingerprint density at radius 1 is 1.41 bits per heavy atom. The lowest BCUT2D eigenvalue weighted by Gasteiger charge is -2.29. The molecule has 2 atom stereocenters. The Bertz CT molecular complexity index is 806. The van der Waals surface area contributed by atoms with E-state index in [9.17, 15) is 9.70 Å². The number of pyridine rings is 1. The first-order valence-corrected chi connectivity index (χ1v) is 8.57. The van der Waals surface area contributed by atoms with E-state index >= 15 is 0 Å². The second-order valence-electron chi connectivity index (χ2n) is 6.24. The molecular weight excluding hydrogens is 350 g/mol. The SMILES string of the molecule is CC(Nc1ncc(-c2ccc(N)cc2)cc1C(=O)ON=O)C1CNCCO1. The average Bonchev–Trinajstić information content (AvgIpc) is 2.70. The highest BCUT2D eigenvalue weighted by Crippen LogP contribution is 2.25. The second kappa shape index (κ2) is 8.56. The summed E-state index contributed by atoms with van der Waals surface area (Å²) in [7, 11) is 0. The van der Waals surface area contributed by atoms with Crippen LogP contribution >= 0.6 is 0 Å². The Kier molecular flexibility index (Phi) is 5.94. The summed E-state index contributed by atoms with van der Waals surface area (Å²) in [5.74, 6) is -0.586. The molecule has 9 nitrogen and oxygen atoms in total. The van der Waals surface area contributed by atoms with Gasteiger partial charge in [0.1, 0.15) is 11.4 Å². The number of benzene rings is 1. The summed E-state index contributed by atoms with van der Waals surface area (Å²) >= 11 is 0. The minimum Gasteiger partial charge on any atom is -0.399 e. The van der Waals surface area contributed by atoms with Crippen LogP contribution in [0.1, 0.15) is 17.3 Å². The van der Waals surface area contributed by atoms with E-state index in [0.717, 1.165) is 12.1 Å². The van der Waals surface area contributed by atoms with Crippen molar-refractivity contribution in [2.45, 2.75) is 19.1 Å². The first-order valence-electron chi connectivity index (χ1n) is 8.57. The summed E-state index contributed by atoms with van der Waals surface area (Å²) in [4.78, 5) is 31.2. The highest BCUT2D eigenvalue weighted by molar-refractivity contribution is 5.96. The van der Waals surface area contributed by atoms with Crippen molar-refractivity contribution in [1.82, 2.24) is 10.3 Å². The molecule has 9 heteroatoms. The molecule has 0 spiro atoms. The van der Waals surface area contributed by atoms with E-state index < -0.39 is 5.97 Å². The molecule has 3 rings (SSSR count). The number of carbonyl (C=O) groups excluding carboxylic acids is 1. The first-order chi connectivity index (χ1) is 13.1. The monoisotopic (exact) mass is 371 g/mol. The zero-order chi connectivity index (χ0) is 19.2.